The number of ether oxygens (including phenoxy) is 1. The molecule has 1 aliphatic heterocycles. The van der Waals surface area contributed by atoms with Gasteiger partial charge < -0.3 is 20.8 Å². The van der Waals surface area contributed by atoms with Crippen LogP contribution in [0.2, 0.25) is 5.02 Å². The van der Waals surface area contributed by atoms with Crippen molar-refractivity contribution in [3.05, 3.63) is 92.9 Å². The first-order chi connectivity index (χ1) is 16.2. The first kappa shape index (κ1) is 23.6. The second-order valence-corrected chi connectivity index (χ2v) is 8.00. The zero-order valence-electron chi connectivity index (χ0n) is 17.9. The smallest absolute Gasteiger partial charge is 0.393 e. The Labute approximate surface area is 198 Å². The summed E-state index contributed by atoms with van der Waals surface area (Å²) in [6.45, 7) is -1.43. The molecule has 2 aromatic rings. The molecule has 0 amide bonds. The lowest BCUT2D eigenvalue weighted by Gasteiger charge is -2.27. The van der Waals surface area contributed by atoms with Crippen LogP contribution in [0.25, 0.3) is 17.3 Å². The van der Waals surface area contributed by atoms with Gasteiger partial charge in [-0.1, -0.05) is 23.8 Å². The number of rotatable bonds is 5. The number of aromatic nitrogens is 1. The van der Waals surface area contributed by atoms with Crippen molar-refractivity contribution in [2.75, 3.05) is 19.0 Å². The van der Waals surface area contributed by atoms with Crippen LogP contribution >= 0.6 is 11.6 Å². The summed E-state index contributed by atoms with van der Waals surface area (Å²) < 4.78 is 44.2. The van der Waals surface area contributed by atoms with Crippen LogP contribution in [-0.4, -0.2) is 36.3 Å². The third kappa shape index (κ3) is 5.00. The number of nitrogens with one attached hydrogen (secondary N) is 3. The summed E-state index contributed by atoms with van der Waals surface area (Å²) in [6.07, 6.45) is 4.18. The van der Waals surface area contributed by atoms with Gasteiger partial charge in [0.15, 0.2) is 0 Å². The molecule has 1 aliphatic carbocycles. The molecule has 10 heteroatoms. The number of pyridine rings is 1. The summed E-state index contributed by atoms with van der Waals surface area (Å²) >= 11 is 6.01. The number of fused-ring (bicyclic) bond motifs is 1. The van der Waals surface area contributed by atoms with Crippen LogP contribution in [0.15, 0.2) is 71.2 Å². The summed E-state index contributed by atoms with van der Waals surface area (Å²) in [5.74, 6) is 0.296. The summed E-state index contributed by atoms with van der Waals surface area (Å²) in [5, 5.41) is 14.3. The fourth-order valence-corrected chi connectivity index (χ4v) is 3.74. The van der Waals surface area contributed by atoms with Crippen LogP contribution in [0, 0.1) is 5.41 Å². The minimum atomic E-state index is -4.48. The molecule has 0 fully saturated rings. The average molecular weight is 489 g/mol. The van der Waals surface area contributed by atoms with Crippen molar-refractivity contribution < 1.29 is 17.9 Å². The summed E-state index contributed by atoms with van der Waals surface area (Å²) in [7, 11) is 1.71. The molecule has 34 heavy (non-hydrogen) atoms. The van der Waals surface area contributed by atoms with Crippen LogP contribution in [0.4, 0.5) is 19.0 Å². The van der Waals surface area contributed by atoms with Crippen molar-refractivity contribution in [2.24, 2.45) is 0 Å². The van der Waals surface area contributed by atoms with Gasteiger partial charge in [0.25, 0.3) is 5.56 Å². The van der Waals surface area contributed by atoms with Gasteiger partial charge in [0.2, 0.25) is 0 Å². The van der Waals surface area contributed by atoms with Gasteiger partial charge in [0, 0.05) is 35.0 Å². The fourth-order valence-electron chi connectivity index (χ4n) is 3.62. The third-order valence-electron chi connectivity index (χ3n) is 5.13. The molecular formula is C24H20ClF3N4O2. The van der Waals surface area contributed by atoms with E-state index in [1.165, 1.54) is 10.6 Å². The predicted octanol–water partition coefficient (Wildman–Crippen LogP) is 4.91. The van der Waals surface area contributed by atoms with Gasteiger partial charge in [-0.05, 0) is 54.1 Å². The van der Waals surface area contributed by atoms with Gasteiger partial charge in [-0.3, -0.25) is 9.36 Å². The molecule has 1 unspecified atom stereocenters. The first-order valence-corrected chi connectivity index (χ1v) is 10.6. The van der Waals surface area contributed by atoms with Gasteiger partial charge in [-0.15, -0.1) is 0 Å². The molecule has 0 saturated heterocycles. The third-order valence-corrected chi connectivity index (χ3v) is 5.39. The summed E-state index contributed by atoms with van der Waals surface area (Å²) in [5.41, 5.74) is 2.52. The Morgan fingerprint density at radius 2 is 1.97 bits per heavy atom. The van der Waals surface area contributed by atoms with E-state index in [4.69, 9.17) is 21.7 Å². The standard InChI is InChI=1S/C24H20ClF3N4O2/c1-30-12-16-10-14(2-8-20(16)29)19-11-15-3-9-21(34-13-24(26,27)28)31-22(15)32(23(19)33)18-6-4-17(25)5-7-18/h2-12,21,29-31H,13H2,1H3/b16-12-,29-20?. The van der Waals surface area contributed by atoms with E-state index in [1.807, 2.05) is 0 Å². The van der Waals surface area contributed by atoms with E-state index in [1.54, 1.807) is 67.9 Å². The quantitative estimate of drug-likeness (QED) is 0.558. The second-order valence-electron chi connectivity index (χ2n) is 7.56. The Bertz CT molecular complexity index is 1310. The fraction of sp³-hybridized carbons (Fsp3) is 0.167. The monoisotopic (exact) mass is 488 g/mol. The number of allylic oxidation sites excluding steroid dienone is 5. The molecule has 0 radical (unpaired) electrons. The van der Waals surface area contributed by atoms with E-state index < -0.39 is 24.6 Å². The van der Waals surface area contributed by atoms with E-state index >= 15 is 0 Å². The Kier molecular flexibility index (Phi) is 6.49. The number of hydrogen-bond donors (Lipinski definition) is 3. The topological polar surface area (TPSA) is 79.1 Å². The van der Waals surface area contributed by atoms with Gasteiger partial charge in [0.1, 0.15) is 18.7 Å². The number of halogens is 4. The number of alkyl halides is 3. The Morgan fingerprint density at radius 1 is 1.24 bits per heavy atom. The minimum Gasteiger partial charge on any atom is -0.393 e. The second kappa shape index (κ2) is 9.36. The van der Waals surface area contributed by atoms with Crippen molar-refractivity contribution in [2.45, 2.75) is 12.4 Å². The van der Waals surface area contributed by atoms with Gasteiger partial charge in [-0.2, -0.15) is 13.2 Å². The van der Waals surface area contributed by atoms with Crippen molar-refractivity contribution in [1.29, 1.82) is 5.41 Å². The molecule has 3 N–H and O–H groups in total. The SMILES string of the molecule is CN/C=C1/C=C(c2cc3c(n(-c4ccc(Cl)cc4)c2=O)NC(OCC(F)(F)F)C=C3)C=CC1=N. The van der Waals surface area contributed by atoms with Crippen LogP contribution < -0.4 is 16.2 Å². The molecule has 0 spiro atoms. The molecule has 1 aromatic heterocycles. The van der Waals surface area contributed by atoms with Gasteiger partial charge in [0.05, 0.1) is 11.4 Å². The molecule has 0 bridgehead atoms. The van der Waals surface area contributed by atoms with Crippen LogP contribution in [0.1, 0.15) is 11.1 Å². The maximum atomic E-state index is 13.7. The Hall–Kier alpha value is -3.56. The maximum Gasteiger partial charge on any atom is 0.411 e. The maximum absolute atomic E-state index is 13.7. The van der Waals surface area contributed by atoms with Gasteiger partial charge >= 0.3 is 6.18 Å². The molecule has 0 saturated carbocycles. The van der Waals surface area contributed by atoms with E-state index in [9.17, 15) is 18.0 Å². The minimum absolute atomic E-state index is 0.292. The average Bonchev–Trinajstić information content (AvgIpc) is 2.79. The highest BCUT2D eigenvalue weighted by atomic mass is 35.5. The van der Waals surface area contributed by atoms with Crippen molar-refractivity contribution in [1.82, 2.24) is 9.88 Å². The van der Waals surface area contributed by atoms with Crippen molar-refractivity contribution in [3.63, 3.8) is 0 Å². The summed E-state index contributed by atoms with van der Waals surface area (Å²) in [6, 6.07) is 8.19. The first-order valence-electron chi connectivity index (χ1n) is 10.2. The molecule has 1 atom stereocenters. The van der Waals surface area contributed by atoms with E-state index in [0.29, 0.717) is 44.5 Å². The molecule has 6 nitrogen and oxygen atoms in total. The lowest BCUT2D eigenvalue weighted by Crippen LogP contribution is -2.33. The van der Waals surface area contributed by atoms with E-state index in [-0.39, 0.29) is 0 Å². The Balaban J connectivity index is 1.85. The Morgan fingerprint density at radius 3 is 2.65 bits per heavy atom. The van der Waals surface area contributed by atoms with Gasteiger partial charge in [-0.25, -0.2) is 0 Å². The largest absolute Gasteiger partial charge is 0.411 e. The molecule has 2 aliphatic rings. The molecule has 1 aromatic carbocycles. The highest BCUT2D eigenvalue weighted by Crippen LogP contribution is 2.30. The predicted molar refractivity (Wildman–Crippen MR) is 127 cm³/mol. The summed E-state index contributed by atoms with van der Waals surface area (Å²) in [4.78, 5) is 13.7. The number of benzene rings is 1. The highest BCUT2D eigenvalue weighted by molar-refractivity contribution is 6.30. The lowest BCUT2D eigenvalue weighted by molar-refractivity contribution is -0.178. The van der Waals surface area contributed by atoms with Crippen LogP contribution in [0.5, 0.6) is 0 Å². The van der Waals surface area contributed by atoms with Crippen molar-refractivity contribution >= 4 is 34.8 Å². The van der Waals surface area contributed by atoms with E-state index in [0.717, 1.165) is 0 Å². The van der Waals surface area contributed by atoms with Crippen molar-refractivity contribution in [3.8, 4) is 5.69 Å². The normalized spacial score (nSPS) is 18.5. The number of hydrogen-bond acceptors (Lipinski definition) is 5. The molecule has 176 valence electrons. The lowest BCUT2D eigenvalue weighted by atomic mass is 9.95. The molecular weight excluding hydrogens is 469 g/mol. The zero-order chi connectivity index (χ0) is 24.5. The molecule has 4 rings (SSSR count). The zero-order valence-corrected chi connectivity index (χ0v) is 18.7. The molecule has 2 heterocycles. The van der Waals surface area contributed by atoms with E-state index in [2.05, 4.69) is 10.6 Å². The van der Waals surface area contributed by atoms with Crippen LogP contribution in [0.3, 0.4) is 0 Å². The highest BCUT2D eigenvalue weighted by Gasteiger charge is 2.30. The number of nitrogens with zero attached hydrogens (tertiary/aromatic N) is 1. The van der Waals surface area contributed by atoms with Crippen LogP contribution in [-0.2, 0) is 4.74 Å². The number of anilines is 1.